The first-order chi connectivity index (χ1) is 19.4. The van der Waals surface area contributed by atoms with E-state index in [2.05, 4.69) is 5.32 Å². The molecule has 1 saturated heterocycles. The minimum Gasteiger partial charge on any atom is -0.454 e. The van der Waals surface area contributed by atoms with Crippen LogP contribution in [0.25, 0.3) is 11.1 Å². The van der Waals surface area contributed by atoms with Gasteiger partial charge >= 0.3 is 5.97 Å². The second-order valence-corrected chi connectivity index (χ2v) is 9.61. The summed E-state index contributed by atoms with van der Waals surface area (Å²) in [6.45, 7) is 1.54. The molecule has 4 aromatic carbocycles. The number of anilines is 1. The Kier molecular flexibility index (Phi) is 7.94. The van der Waals surface area contributed by atoms with Crippen LogP contribution in [0.4, 0.5) is 5.69 Å². The van der Waals surface area contributed by atoms with Gasteiger partial charge in [0.2, 0.25) is 5.91 Å². The average Bonchev–Trinajstić information content (AvgIpc) is 3.28. The Balaban J connectivity index is 1.16. The van der Waals surface area contributed by atoms with Crippen LogP contribution in [0.5, 0.6) is 0 Å². The zero-order valence-corrected chi connectivity index (χ0v) is 21.9. The lowest BCUT2D eigenvalue weighted by molar-refractivity contribution is -0.121. The van der Waals surface area contributed by atoms with Gasteiger partial charge in [-0.3, -0.25) is 19.7 Å². The zero-order valence-electron chi connectivity index (χ0n) is 21.9. The molecule has 40 heavy (non-hydrogen) atoms. The smallest absolute Gasteiger partial charge is 0.338 e. The van der Waals surface area contributed by atoms with Gasteiger partial charge in [0.1, 0.15) is 0 Å². The third kappa shape index (κ3) is 5.90. The number of imide groups is 1. The predicted octanol–water partition coefficient (Wildman–Crippen LogP) is 5.38. The Hall–Kier alpha value is -4.88. The number of ketones is 1. The summed E-state index contributed by atoms with van der Waals surface area (Å²) in [7, 11) is 0. The number of ether oxygens (including phenoxy) is 1. The molecule has 0 saturated carbocycles. The van der Waals surface area contributed by atoms with Crippen molar-refractivity contribution in [3.05, 3.63) is 126 Å². The molecule has 1 N–H and O–H groups in total. The Morgan fingerprint density at radius 3 is 2.02 bits per heavy atom. The molecule has 2 atom stereocenters. The summed E-state index contributed by atoms with van der Waals surface area (Å²) in [6.07, 6.45) is 0.0498. The fourth-order valence-corrected chi connectivity index (χ4v) is 4.70. The highest BCUT2D eigenvalue weighted by atomic mass is 16.5. The maximum Gasteiger partial charge on any atom is 0.338 e. The Bertz CT molecular complexity index is 1520. The van der Waals surface area contributed by atoms with Crippen LogP contribution in [0.15, 0.2) is 109 Å². The van der Waals surface area contributed by atoms with E-state index in [-0.39, 0.29) is 35.6 Å². The molecule has 1 aliphatic rings. The van der Waals surface area contributed by atoms with E-state index in [1.165, 1.54) is 24.3 Å². The second kappa shape index (κ2) is 11.9. The zero-order chi connectivity index (χ0) is 28.1. The Morgan fingerprint density at radius 1 is 0.800 bits per heavy atom. The van der Waals surface area contributed by atoms with Crippen LogP contribution in [0.2, 0.25) is 0 Å². The van der Waals surface area contributed by atoms with Crippen LogP contribution >= 0.6 is 0 Å². The number of carbonyl (C=O) groups is 4. The standard InChI is InChI=1S/C33H28N2O5/c1-22(23-8-4-2-5-9-23)34-29-20-31(37)35(32(29)38)28-18-16-27(17-19-28)33(39)40-21-30(36)26-14-12-25(13-15-26)24-10-6-3-7-11-24/h2-19,22,29,34H,20-21H2,1H3. The maximum absolute atomic E-state index is 13.0. The molecule has 1 heterocycles. The van der Waals surface area contributed by atoms with E-state index >= 15 is 0 Å². The first-order valence-corrected chi connectivity index (χ1v) is 13.0. The summed E-state index contributed by atoms with van der Waals surface area (Å²) in [5.74, 6) is -1.65. The molecule has 1 aliphatic heterocycles. The van der Waals surface area contributed by atoms with Crippen molar-refractivity contribution in [1.29, 1.82) is 0 Å². The molecule has 1 fully saturated rings. The molecule has 2 unspecified atom stereocenters. The molecule has 200 valence electrons. The minimum atomic E-state index is -0.670. The number of benzene rings is 4. The molecule has 0 aromatic heterocycles. The second-order valence-electron chi connectivity index (χ2n) is 9.61. The summed E-state index contributed by atoms with van der Waals surface area (Å²) >= 11 is 0. The van der Waals surface area contributed by atoms with Crippen LogP contribution in [-0.2, 0) is 14.3 Å². The fraction of sp³-hybridized carbons (Fsp3) is 0.152. The van der Waals surface area contributed by atoms with Crippen molar-refractivity contribution >= 4 is 29.3 Å². The molecular formula is C33H28N2O5. The summed E-state index contributed by atoms with van der Waals surface area (Å²) in [5, 5.41) is 3.24. The number of hydrogen-bond donors (Lipinski definition) is 1. The monoisotopic (exact) mass is 532 g/mol. The number of esters is 1. The highest BCUT2D eigenvalue weighted by Gasteiger charge is 2.40. The number of nitrogens with one attached hydrogen (secondary N) is 1. The van der Waals surface area contributed by atoms with Gasteiger partial charge < -0.3 is 4.74 Å². The van der Waals surface area contributed by atoms with E-state index in [1.807, 2.05) is 79.7 Å². The first kappa shape index (κ1) is 26.7. The van der Waals surface area contributed by atoms with Crippen molar-refractivity contribution in [2.45, 2.75) is 25.4 Å². The Morgan fingerprint density at radius 2 is 1.38 bits per heavy atom. The summed E-state index contributed by atoms with van der Waals surface area (Å²) in [4.78, 5) is 52.0. The summed E-state index contributed by atoms with van der Waals surface area (Å²) < 4.78 is 5.22. The van der Waals surface area contributed by atoms with E-state index in [0.29, 0.717) is 11.3 Å². The average molecular weight is 533 g/mol. The largest absolute Gasteiger partial charge is 0.454 e. The molecule has 2 amide bonds. The summed E-state index contributed by atoms with van der Waals surface area (Å²) in [5.41, 5.74) is 4.07. The maximum atomic E-state index is 13.0. The van der Waals surface area contributed by atoms with Gasteiger partial charge in [-0.15, -0.1) is 0 Å². The minimum absolute atomic E-state index is 0.0498. The lowest BCUT2D eigenvalue weighted by Crippen LogP contribution is -2.40. The first-order valence-electron chi connectivity index (χ1n) is 13.0. The van der Waals surface area contributed by atoms with Crippen molar-refractivity contribution in [2.24, 2.45) is 0 Å². The highest BCUT2D eigenvalue weighted by Crippen LogP contribution is 2.25. The molecule has 7 nitrogen and oxygen atoms in total. The topological polar surface area (TPSA) is 92.8 Å². The quantitative estimate of drug-likeness (QED) is 0.177. The van der Waals surface area contributed by atoms with Gasteiger partial charge in [0, 0.05) is 11.6 Å². The van der Waals surface area contributed by atoms with E-state index in [1.54, 1.807) is 12.1 Å². The normalized spacial score (nSPS) is 15.6. The molecule has 0 spiro atoms. The van der Waals surface area contributed by atoms with Crippen molar-refractivity contribution in [3.8, 4) is 11.1 Å². The van der Waals surface area contributed by atoms with Crippen LogP contribution < -0.4 is 10.2 Å². The molecule has 0 aliphatic carbocycles. The molecule has 0 radical (unpaired) electrons. The molecule has 0 bridgehead atoms. The molecule has 7 heteroatoms. The SMILES string of the molecule is CC(NC1CC(=O)N(c2ccc(C(=O)OCC(=O)c3ccc(-c4ccccc4)cc3)cc2)C1=O)c1ccccc1. The van der Waals surface area contributed by atoms with E-state index < -0.39 is 18.6 Å². The number of rotatable bonds is 9. The van der Waals surface area contributed by atoms with Crippen LogP contribution in [-0.4, -0.2) is 36.2 Å². The number of carbonyl (C=O) groups excluding carboxylic acids is 4. The number of Topliss-reactive ketones (excluding diaryl/α,β-unsaturated/α-hetero) is 1. The van der Waals surface area contributed by atoms with Crippen LogP contribution in [0, 0.1) is 0 Å². The van der Waals surface area contributed by atoms with E-state index in [0.717, 1.165) is 21.6 Å². The van der Waals surface area contributed by atoms with Gasteiger partial charge in [0.25, 0.3) is 5.91 Å². The van der Waals surface area contributed by atoms with Crippen molar-refractivity contribution in [1.82, 2.24) is 5.32 Å². The van der Waals surface area contributed by atoms with Gasteiger partial charge in [0.15, 0.2) is 12.4 Å². The van der Waals surface area contributed by atoms with Gasteiger partial charge in [0.05, 0.1) is 23.7 Å². The Labute approximate surface area is 232 Å². The molecule has 4 aromatic rings. The molecule has 5 rings (SSSR count). The third-order valence-electron chi connectivity index (χ3n) is 6.91. The van der Waals surface area contributed by atoms with Crippen molar-refractivity contribution in [2.75, 3.05) is 11.5 Å². The molecular weight excluding hydrogens is 504 g/mol. The van der Waals surface area contributed by atoms with Gasteiger partial charge in [-0.25, -0.2) is 9.69 Å². The number of amides is 2. The summed E-state index contributed by atoms with van der Waals surface area (Å²) in [6, 6.07) is 31.9. The van der Waals surface area contributed by atoms with Gasteiger partial charge in [-0.1, -0.05) is 84.9 Å². The van der Waals surface area contributed by atoms with E-state index in [9.17, 15) is 19.2 Å². The van der Waals surface area contributed by atoms with Crippen molar-refractivity contribution in [3.63, 3.8) is 0 Å². The third-order valence-corrected chi connectivity index (χ3v) is 6.91. The predicted molar refractivity (Wildman–Crippen MR) is 152 cm³/mol. The lowest BCUT2D eigenvalue weighted by Gasteiger charge is -2.19. The van der Waals surface area contributed by atoms with Gasteiger partial charge in [-0.05, 0) is 47.9 Å². The highest BCUT2D eigenvalue weighted by molar-refractivity contribution is 6.22. The fourth-order valence-electron chi connectivity index (χ4n) is 4.70. The number of nitrogens with zero attached hydrogens (tertiary/aromatic N) is 1. The van der Waals surface area contributed by atoms with E-state index in [4.69, 9.17) is 4.74 Å². The lowest BCUT2D eigenvalue weighted by atomic mass is 10.0. The van der Waals surface area contributed by atoms with Crippen LogP contribution in [0.1, 0.15) is 45.7 Å². The van der Waals surface area contributed by atoms with Gasteiger partial charge in [-0.2, -0.15) is 0 Å². The van der Waals surface area contributed by atoms with Crippen molar-refractivity contribution < 1.29 is 23.9 Å². The number of hydrogen-bond acceptors (Lipinski definition) is 6. The van der Waals surface area contributed by atoms with Crippen LogP contribution in [0.3, 0.4) is 0 Å².